The van der Waals surface area contributed by atoms with Gasteiger partial charge in [-0.25, -0.2) is 8.42 Å². The molecule has 31 heavy (non-hydrogen) atoms. The summed E-state index contributed by atoms with van der Waals surface area (Å²) in [6.07, 6.45) is -3.72. The minimum Gasteiger partial charge on any atom is -0.395 e. The molecule has 0 saturated carbocycles. The number of ether oxygens (including phenoxy) is 2. The van der Waals surface area contributed by atoms with E-state index in [1.807, 2.05) is 6.07 Å². The van der Waals surface area contributed by atoms with Crippen LogP contribution >= 0.6 is 0 Å². The summed E-state index contributed by atoms with van der Waals surface area (Å²) in [4.78, 5) is 14.4. The third-order valence-corrected chi connectivity index (χ3v) is 7.09. The summed E-state index contributed by atoms with van der Waals surface area (Å²) in [5.41, 5.74) is 1.56. The van der Waals surface area contributed by atoms with Gasteiger partial charge in [-0.3, -0.25) is 4.79 Å². The molecule has 1 saturated heterocycles. The molecule has 2 aliphatic heterocycles. The van der Waals surface area contributed by atoms with E-state index >= 15 is 0 Å². The zero-order valence-corrected chi connectivity index (χ0v) is 17.0. The third-order valence-electron chi connectivity index (χ3n) is 5.48. The average molecular weight is 445 g/mol. The van der Waals surface area contributed by atoms with Gasteiger partial charge in [0, 0.05) is 24.2 Å². The normalized spacial score (nSPS) is 18.8. The van der Waals surface area contributed by atoms with Crippen molar-refractivity contribution in [2.75, 3.05) is 24.6 Å². The van der Waals surface area contributed by atoms with Gasteiger partial charge in [-0.2, -0.15) is 0 Å². The van der Waals surface area contributed by atoms with Crippen LogP contribution in [0.15, 0.2) is 54.6 Å². The first-order chi connectivity index (χ1) is 14.7. The molecular weight excluding hydrogens is 428 g/mol. The van der Waals surface area contributed by atoms with E-state index in [9.17, 15) is 22.0 Å². The summed E-state index contributed by atoms with van der Waals surface area (Å²) in [6, 6.07) is 15.2. The first-order valence-corrected chi connectivity index (χ1v) is 11.5. The second-order valence-corrected chi connectivity index (χ2v) is 9.79. The molecule has 0 aromatic heterocycles. The van der Waals surface area contributed by atoms with E-state index in [-0.39, 0.29) is 42.0 Å². The Morgan fingerprint density at radius 3 is 2.42 bits per heavy atom. The SMILES string of the molecule is O=C(c1ccc2c(-c3cccc4c3OC(F)(F)O4)cccc2c1)N1CCS(=O)(=O)CC1. The fourth-order valence-corrected chi connectivity index (χ4v) is 5.13. The molecule has 6 nitrogen and oxygen atoms in total. The Kier molecular flexibility index (Phi) is 4.40. The molecule has 0 bridgehead atoms. The van der Waals surface area contributed by atoms with Gasteiger partial charge in [-0.15, -0.1) is 8.78 Å². The summed E-state index contributed by atoms with van der Waals surface area (Å²) >= 11 is 0. The smallest absolute Gasteiger partial charge is 0.395 e. The molecule has 2 heterocycles. The molecule has 0 radical (unpaired) electrons. The van der Waals surface area contributed by atoms with Gasteiger partial charge in [0.2, 0.25) is 0 Å². The molecule has 2 aliphatic rings. The van der Waals surface area contributed by atoms with Crippen LogP contribution < -0.4 is 9.47 Å². The number of hydrogen-bond acceptors (Lipinski definition) is 5. The Bertz CT molecular complexity index is 1310. The minimum atomic E-state index is -3.72. The number of fused-ring (bicyclic) bond motifs is 2. The standard InChI is InChI=1S/C22H17F2NO5S/c23-22(24)29-19-6-2-5-18(20(19)30-22)17-4-1-3-14-13-15(7-8-16(14)17)21(26)25-9-11-31(27,28)12-10-25/h1-8,13H,9-12H2. The predicted octanol–water partition coefficient (Wildman–Crippen LogP) is 3.70. The highest BCUT2D eigenvalue weighted by Gasteiger charge is 2.44. The van der Waals surface area contributed by atoms with Crippen molar-refractivity contribution in [2.45, 2.75) is 6.29 Å². The van der Waals surface area contributed by atoms with Crippen molar-refractivity contribution in [3.8, 4) is 22.6 Å². The average Bonchev–Trinajstić information content (AvgIpc) is 3.06. The molecule has 1 fully saturated rings. The van der Waals surface area contributed by atoms with E-state index < -0.39 is 16.1 Å². The third kappa shape index (κ3) is 3.59. The summed E-state index contributed by atoms with van der Waals surface area (Å²) in [6.45, 7) is 0.335. The molecule has 9 heteroatoms. The lowest BCUT2D eigenvalue weighted by Crippen LogP contribution is -2.43. The maximum Gasteiger partial charge on any atom is 0.586 e. The van der Waals surface area contributed by atoms with Crippen molar-refractivity contribution in [1.82, 2.24) is 4.90 Å². The molecule has 3 aromatic rings. The van der Waals surface area contributed by atoms with E-state index in [0.717, 1.165) is 10.8 Å². The fourth-order valence-electron chi connectivity index (χ4n) is 3.93. The van der Waals surface area contributed by atoms with Crippen LogP contribution in [0.5, 0.6) is 11.5 Å². The van der Waals surface area contributed by atoms with Crippen molar-refractivity contribution in [1.29, 1.82) is 0 Å². The van der Waals surface area contributed by atoms with Gasteiger partial charge >= 0.3 is 6.29 Å². The number of carbonyl (C=O) groups excluding carboxylic acids is 1. The monoisotopic (exact) mass is 445 g/mol. The number of sulfone groups is 1. The van der Waals surface area contributed by atoms with Gasteiger partial charge in [0.1, 0.15) is 0 Å². The van der Waals surface area contributed by atoms with Gasteiger partial charge < -0.3 is 14.4 Å². The first kappa shape index (κ1) is 19.7. The van der Waals surface area contributed by atoms with Crippen molar-refractivity contribution < 1.29 is 31.5 Å². The summed E-state index contributed by atoms with van der Waals surface area (Å²) in [5, 5.41) is 1.50. The number of carbonyl (C=O) groups is 1. The highest BCUT2D eigenvalue weighted by atomic mass is 32.2. The number of benzene rings is 3. The van der Waals surface area contributed by atoms with E-state index in [2.05, 4.69) is 4.74 Å². The van der Waals surface area contributed by atoms with Crippen LogP contribution in [0.2, 0.25) is 0 Å². The molecule has 0 unspecified atom stereocenters. The van der Waals surface area contributed by atoms with Gasteiger partial charge in [-0.05, 0) is 34.5 Å². The van der Waals surface area contributed by atoms with Crippen LogP contribution in [0.4, 0.5) is 8.78 Å². The zero-order chi connectivity index (χ0) is 21.8. The number of halogens is 2. The maximum atomic E-state index is 13.6. The topological polar surface area (TPSA) is 72.9 Å². The lowest BCUT2D eigenvalue weighted by Gasteiger charge is -2.26. The number of para-hydroxylation sites is 1. The van der Waals surface area contributed by atoms with Gasteiger partial charge in [0.25, 0.3) is 5.91 Å². The van der Waals surface area contributed by atoms with E-state index in [4.69, 9.17) is 4.74 Å². The number of alkyl halides is 2. The Hall–Kier alpha value is -3.20. The molecule has 0 atom stereocenters. The van der Waals surface area contributed by atoms with E-state index in [1.54, 1.807) is 42.5 Å². The second-order valence-electron chi connectivity index (χ2n) is 7.49. The number of rotatable bonds is 2. The minimum absolute atomic E-state index is 0.0327. The fraction of sp³-hybridized carbons (Fsp3) is 0.227. The van der Waals surface area contributed by atoms with Crippen molar-refractivity contribution >= 4 is 26.5 Å². The summed E-state index contributed by atoms with van der Waals surface area (Å²) in [5.74, 6) is -0.384. The first-order valence-electron chi connectivity index (χ1n) is 9.64. The van der Waals surface area contributed by atoms with Gasteiger partial charge in [0.05, 0.1) is 11.5 Å². The maximum absolute atomic E-state index is 13.6. The Morgan fingerprint density at radius 2 is 1.65 bits per heavy atom. The number of nitrogens with zero attached hydrogens (tertiary/aromatic N) is 1. The van der Waals surface area contributed by atoms with Crippen LogP contribution in [0, 0.1) is 0 Å². The Labute approximate surface area is 176 Å². The van der Waals surface area contributed by atoms with Crippen molar-refractivity contribution in [3.63, 3.8) is 0 Å². The Morgan fingerprint density at radius 1 is 0.935 bits per heavy atom. The lowest BCUT2D eigenvalue weighted by molar-refractivity contribution is -0.286. The molecule has 160 valence electrons. The van der Waals surface area contributed by atoms with E-state index in [0.29, 0.717) is 16.7 Å². The molecule has 0 N–H and O–H groups in total. The van der Waals surface area contributed by atoms with Crippen LogP contribution in [0.1, 0.15) is 10.4 Å². The highest BCUT2D eigenvalue weighted by molar-refractivity contribution is 7.91. The quantitative estimate of drug-likeness (QED) is 0.602. The molecule has 1 amide bonds. The molecule has 0 spiro atoms. The van der Waals surface area contributed by atoms with Gasteiger partial charge in [0.15, 0.2) is 21.3 Å². The second kappa shape index (κ2) is 6.91. The molecule has 5 rings (SSSR count). The molecular formula is C22H17F2NO5S. The van der Waals surface area contributed by atoms with E-state index in [1.165, 1.54) is 11.0 Å². The van der Waals surface area contributed by atoms with Crippen molar-refractivity contribution in [3.05, 3.63) is 60.2 Å². The number of amides is 1. The van der Waals surface area contributed by atoms with Crippen LogP contribution in [-0.4, -0.2) is 50.1 Å². The molecule has 0 aliphatic carbocycles. The largest absolute Gasteiger partial charge is 0.586 e. The van der Waals surface area contributed by atoms with Crippen LogP contribution in [0.3, 0.4) is 0 Å². The predicted molar refractivity (Wildman–Crippen MR) is 110 cm³/mol. The van der Waals surface area contributed by atoms with Crippen molar-refractivity contribution in [2.24, 2.45) is 0 Å². The van der Waals surface area contributed by atoms with Crippen LogP contribution in [-0.2, 0) is 9.84 Å². The lowest BCUT2D eigenvalue weighted by atomic mass is 9.96. The van der Waals surface area contributed by atoms with Crippen LogP contribution in [0.25, 0.3) is 21.9 Å². The number of hydrogen-bond donors (Lipinski definition) is 0. The summed E-state index contributed by atoms with van der Waals surface area (Å²) in [7, 11) is -3.09. The zero-order valence-electron chi connectivity index (χ0n) is 16.2. The van der Waals surface area contributed by atoms with Gasteiger partial charge in [-0.1, -0.05) is 36.4 Å². The molecule has 3 aromatic carbocycles. The highest BCUT2D eigenvalue weighted by Crippen LogP contribution is 2.48. The summed E-state index contributed by atoms with van der Waals surface area (Å²) < 4.78 is 59.7. The Balaban J connectivity index is 1.52.